The van der Waals surface area contributed by atoms with E-state index in [0.717, 1.165) is 10.5 Å². The zero-order chi connectivity index (χ0) is 21.0. The van der Waals surface area contributed by atoms with E-state index in [0.29, 0.717) is 25.5 Å². The van der Waals surface area contributed by atoms with Crippen LogP contribution in [-0.2, 0) is 26.4 Å². The number of benzene rings is 1. The Morgan fingerprint density at radius 3 is 2.19 bits per heavy atom. The first-order valence-electron chi connectivity index (χ1n) is 7.81. The lowest BCUT2D eigenvalue weighted by Gasteiger charge is -2.24. The largest absolute Gasteiger partial charge is 0.394 e. The molecule has 0 saturated heterocycles. The molecular weight excluding hydrogens is 378 g/mol. The van der Waals surface area contributed by atoms with Gasteiger partial charge in [-0.25, -0.2) is 0 Å². The number of carbonyl (C=O) groups excluding carboxylic acids is 2. The number of nitrogens with zero attached hydrogens (tertiary/aromatic N) is 1. The monoisotopic (exact) mass is 403 g/mol. The summed E-state index contributed by atoms with van der Waals surface area (Å²) in [6.07, 6.45) is 1.93. The fraction of sp³-hybridized carbons (Fsp3) is 0.400. The summed E-state index contributed by atoms with van der Waals surface area (Å²) in [5, 5.41) is 7.51. The number of rotatable bonds is 8. The molecule has 0 aliphatic rings. The van der Waals surface area contributed by atoms with Crippen LogP contribution in [0.4, 0.5) is 0 Å². The second-order valence-electron chi connectivity index (χ2n) is 5.56. The van der Waals surface area contributed by atoms with Gasteiger partial charge in [0.2, 0.25) is 5.91 Å². The van der Waals surface area contributed by atoms with E-state index < -0.39 is 28.4 Å². The van der Waals surface area contributed by atoms with Gasteiger partial charge < -0.3 is 22.0 Å². The predicted molar refractivity (Wildman–Crippen MR) is 99.2 cm³/mol. The average Bonchev–Trinajstić information content (AvgIpc) is 2.57. The molecule has 2 atom stereocenters. The van der Waals surface area contributed by atoms with Crippen molar-refractivity contribution in [3.63, 3.8) is 0 Å². The van der Waals surface area contributed by atoms with E-state index in [4.69, 9.17) is 40.1 Å². The van der Waals surface area contributed by atoms with Gasteiger partial charge in [0, 0.05) is 6.54 Å². The first-order chi connectivity index (χ1) is 12.5. The maximum absolute atomic E-state index is 12.3. The Morgan fingerprint density at radius 2 is 1.74 bits per heavy atom. The lowest BCUT2D eigenvalue weighted by molar-refractivity contribution is -0.128. The molecule has 0 aromatic heterocycles. The molecule has 0 aliphatic heterocycles. The molecule has 0 fully saturated rings. The van der Waals surface area contributed by atoms with Crippen LogP contribution in [0.2, 0.25) is 0 Å². The van der Waals surface area contributed by atoms with Crippen LogP contribution in [0.15, 0.2) is 30.3 Å². The van der Waals surface area contributed by atoms with Crippen molar-refractivity contribution in [2.24, 2.45) is 17.2 Å². The van der Waals surface area contributed by atoms with Crippen molar-refractivity contribution in [2.45, 2.75) is 31.3 Å². The summed E-state index contributed by atoms with van der Waals surface area (Å²) in [7, 11) is -4.67. The van der Waals surface area contributed by atoms with E-state index in [9.17, 15) is 9.59 Å². The van der Waals surface area contributed by atoms with Crippen LogP contribution in [0, 0.1) is 5.41 Å². The zero-order valence-corrected chi connectivity index (χ0v) is 15.4. The highest BCUT2D eigenvalue weighted by atomic mass is 32.3. The van der Waals surface area contributed by atoms with Crippen molar-refractivity contribution < 1.29 is 27.1 Å². The standard InChI is InChI=1S/C15H23N5O2.H2O4S/c16-12(10-21)7-4-8-20(15(18)19)14(22)13(17)9-11-5-2-1-3-6-11;1-5(2,3)4/h1-3,5-6,10,12-13H,4,7-9,16-17H2,(H3,18,19);(H2,1,2,3,4)/t12-,13+;/m0./s1. The molecule has 1 amide bonds. The van der Waals surface area contributed by atoms with Crippen LogP contribution in [0.3, 0.4) is 0 Å². The molecule has 1 rings (SSSR count). The van der Waals surface area contributed by atoms with Crippen LogP contribution in [0.5, 0.6) is 0 Å². The number of guanidine groups is 1. The zero-order valence-electron chi connectivity index (χ0n) is 14.6. The van der Waals surface area contributed by atoms with E-state index in [2.05, 4.69) is 0 Å². The van der Waals surface area contributed by atoms with Gasteiger partial charge in [-0.05, 0) is 24.8 Å². The fourth-order valence-corrected chi connectivity index (χ4v) is 2.06. The van der Waals surface area contributed by atoms with Gasteiger partial charge in [-0.2, -0.15) is 8.42 Å². The topological polar surface area (TPSA) is 214 Å². The molecular formula is C15H25N5O6S. The number of amides is 1. The Morgan fingerprint density at radius 1 is 1.22 bits per heavy atom. The first kappa shape index (κ1) is 24.6. The maximum Gasteiger partial charge on any atom is 0.394 e. The Labute approximate surface area is 157 Å². The molecule has 1 aromatic rings. The fourth-order valence-electron chi connectivity index (χ4n) is 2.06. The lowest BCUT2D eigenvalue weighted by Crippen LogP contribution is -2.50. The molecule has 0 spiro atoms. The first-order valence-corrected chi connectivity index (χ1v) is 9.21. The summed E-state index contributed by atoms with van der Waals surface area (Å²) in [6, 6.07) is 8.05. The molecule has 1 aromatic carbocycles. The molecule has 0 heterocycles. The van der Waals surface area contributed by atoms with E-state index in [1.54, 1.807) is 0 Å². The van der Waals surface area contributed by atoms with Gasteiger partial charge in [-0.3, -0.25) is 24.2 Å². The van der Waals surface area contributed by atoms with Crippen LogP contribution in [0.25, 0.3) is 0 Å². The molecule has 0 aliphatic carbocycles. The summed E-state index contributed by atoms with van der Waals surface area (Å²) in [6.45, 7) is 0.220. The predicted octanol–water partition coefficient (Wildman–Crippen LogP) is -1.07. The van der Waals surface area contributed by atoms with Crippen molar-refractivity contribution in [1.29, 1.82) is 5.41 Å². The number of hydrogen-bond acceptors (Lipinski definition) is 7. The van der Waals surface area contributed by atoms with Crippen LogP contribution >= 0.6 is 0 Å². The molecule has 0 unspecified atom stereocenters. The summed E-state index contributed by atoms with van der Waals surface area (Å²) in [5.74, 6) is -0.760. The number of carbonyl (C=O) groups is 2. The number of aldehydes is 1. The Bertz CT molecular complexity index is 705. The Balaban J connectivity index is 0.00000119. The normalized spacial score (nSPS) is 12.9. The van der Waals surface area contributed by atoms with Gasteiger partial charge in [-0.1, -0.05) is 30.3 Å². The summed E-state index contributed by atoms with van der Waals surface area (Å²) in [4.78, 5) is 23.9. The van der Waals surface area contributed by atoms with Gasteiger partial charge in [0.05, 0.1) is 12.1 Å². The summed E-state index contributed by atoms with van der Waals surface area (Å²) in [5.41, 5.74) is 17.8. The minimum atomic E-state index is -4.67. The second-order valence-corrected chi connectivity index (χ2v) is 6.46. The molecule has 9 N–H and O–H groups in total. The number of nitrogens with two attached hydrogens (primary N) is 3. The molecule has 0 radical (unpaired) electrons. The van der Waals surface area contributed by atoms with Crippen molar-refractivity contribution >= 4 is 28.6 Å². The summed E-state index contributed by atoms with van der Waals surface area (Å²) < 4.78 is 31.6. The Hall–Kier alpha value is -2.38. The summed E-state index contributed by atoms with van der Waals surface area (Å²) >= 11 is 0. The smallest absolute Gasteiger partial charge is 0.370 e. The van der Waals surface area contributed by atoms with Gasteiger partial charge in [0.15, 0.2) is 5.96 Å². The van der Waals surface area contributed by atoms with Crippen molar-refractivity contribution in [3.8, 4) is 0 Å². The van der Waals surface area contributed by atoms with Gasteiger partial charge in [0.25, 0.3) is 0 Å². The Kier molecular flexibility index (Phi) is 11.0. The van der Waals surface area contributed by atoms with Crippen molar-refractivity contribution in [2.75, 3.05) is 6.54 Å². The molecule has 0 saturated carbocycles. The van der Waals surface area contributed by atoms with Crippen LogP contribution < -0.4 is 17.2 Å². The van der Waals surface area contributed by atoms with Gasteiger partial charge >= 0.3 is 10.4 Å². The molecule has 152 valence electrons. The lowest BCUT2D eigenvalue weighted by atomic mass is 10.1. The minimum absolute atomic E-state index is 0.220. The van der Waals surface area contributed by atoms with Crippen LogP contribution in [0.1, 0.15) is 18.4 Å². The highest BCUT2D eigenvalue weighted by Crippen LogP contribution is 2.06. The van der Waals surface area contributed by atoms with Gasteiger partial charge in [-0.15, -0.1) is 0 Å². The maximum atomic E-state index is 12.3. The number of nitrogens with one attached hydrogen (secondary N) is 1. The number of hydrogen-bond donors (Lipinski definition) is 6. The van der Waals surface area contributed by atoms with E-state index in [1.807, 2.05) is 30.3 Å². The molecule has 0 bridgehead atoms. The average molecular weight is 403 g/mol. The van der Waals surface area contributed by atoms with E-state index >= 15 is 0 Å². The third-order valence-electron chi connectivity index (χ3n) is 3.27. The van der Waals surface area contributed by atoms with Crippen molar-refractivity contribution in [1.82, 2.24) is 4.90 Å². The molecule has 12 heteroatoms. The molecule has 27 heavy (non-hydrogen) atoms. The second kappa shape index (κ2) is 12.1. The third-order valence-corrected chi connectivity index (χ3v) is 3.27. The molecule has 11 nitrogen and oxygen atoms in total. The SMILES string of the molecule is N=C(N)N(CCC[C@H](N)C=O)C(=O)[C@H](N)Cc1ccccc1.O=S(=O)(O)O. The third kappa shape index (κ3) is 12.6. The highest BCUT2D eigenvalue weighted by Gasteiger charge is 2.23. The van der Waals surface area contributed by atoms with Crippen molar-refractivity contribution in [3.05, 3.63) is 35.9 Å². The minimum Gasteiger partial charge on any atom is -0.370 e. The van der Waals surface area contributed by atoms with Crippen LogP contribution in [-0.4, -0.2) is 59.2 Å². The quantitative estimate of drug-likeness (QED) is 0.135. The highest BCUT2D eigenvalue weighted by molar-refractivity contribution is 7.79. The van der Waals surface area contributed by atoms with E-state index in [-0.39, 0.29) is 12.5 Å². The van der Waals surface area contributed by atoms with E-state index in [1.165, 1.54) is 0 Å². The van der Waals surface area contributed by atoms with Gasteiger partial charge in [0.1, 0.15) is 6.29 Å².